The van der Waals surface area contributed by atoms with Crippen LogP contribution >= 0.6 is 0 Å². The Hall–Kier alpha value is -2.60. The van der Waals surface area contributed by atoms with Crippen LogP contribution in [0.4, 0.5) is 10.5 Å². The number of aldehydes is 1. The quantitative estimate of drug-likeness (QED) is 0.208. The first-order valence-electron chi connectivity index (χ1n) is 14.5. The van der Waals surface area contributed by atoms with E-state index >= 15 is 0 Å². The highest BCUT2D eigenvalue weighted by Crippen LogP contribution is 2.34. The number of ether oxygens (including phenoxy) is 2. The number of rotatable bonds is 11. The van der Waals surface area contributed by atoms with Gasteiger partial charge in [-0.15, -0.1) is 0 Å². The first kappa shape index (κ1) is 34.4. The van der Waals surface area contributed by atoms with E-state index in [2.05, 4.69) is 68.6 Å². The normalized spacial score (nSPS) is 15.2. The lowest BCUT2D eigenvalue weighted by atomic mass is 9.91. The lowest BCUT2D eigenvalue weighted by molar-refractivity contribution is -0.107. The van der Waals surface area contributed by atoms with E-state index in [1.165, 1.54) is 42.5 Å². The summed E-state index contributed by atoms with van der Waals surface area (Å²) in [6.45, 7) is 15.4. The van der Waals surface area contributed by atoms with Crippen molar-refractivity contribution in [1.82, 2.24) is 4.90 Å². The van der Waals surface area contributed by atoms with Crippen molar-refractivity contribution >= 4 is 18.1 Å². The number of carbonyl (C=O) groups excluding carboxylic acids is 2. The van der Waals surface area contributed by atoms with Crippen molar-refractivity contribution in [2.45, 2.75) is 105 Å². The molecule has 1 amide bonds. The van der Waals surface area contributed by atoms with Crippen LogP contribution in [0.5, 0.6) is 0 Å². The zero-order chi connectivity index (χ0) is 29.6. The Kier molecular flexibility index (Phi) is 15.2. The number of amides is 1. The van der Waals surface area contributed by atoms with Crippen LogP contribution in [0.25, 0.3) is 0 Å². The van der Waals surface area contributed by atoms with Crippen molar-refractivity contribution in [3.63, 3.8) is 0 Å². The molecule has 1 atom stereocenters. The summed E-state index contributed by atoms with van der Waals surface area (Å²) in [6, 6.07) is 8.90. The van der Waals surface area contributed by atoms with E-state index in [0.29, 0.717) is 31.8 Å². The molecule has 6 nitrogen and oxygen atoms in total. The van der Waals surface area contributed by atoms with E-state index in [1.807, 2.05) is 20.8 Å². The first-order valence-corrected chi connectivity index (χ1v) is 14.5. The Morgan fingerprint density at radius 1 is 1.13 bits per heavy atom. The summed E-state index contributed by atoms with van der Waals surface area (Å²) >= 11 is 0. The van der Waals surface area contributed by atoms with Gasteiger partial charge in [-0.05, 0) is 75.3 Å². The second kappa shape index (κ2) is 17.2. The van der Waals surface area contributed by atoms with Gasteiger partial charge in [0, 0.05) is 52.0 Å². The third kappa shape index (κ3) is 11.2. The fraction of sp³-hybridized carbons (Fsp3) is 0.636. The molecule has 1 aliphatic heterocycles. The maximum Gasteiger partial charge on any atom is 0.410 e. The largest absolute Gasteiger partial charge is 0.444 e. The van der Waals surface area contributed by atoms with Crippen LogP contribution in [0.2, 0.25) is 0 Å². The van der Waals surface area contributed by atoms with E-state index in [1.54, 1.807) is 19.1 Å². The number of anilines is 1. The van der Waals surface area contributed by atoms with E-state index in [4.69, 9.17) is 4.74 Å². The predicted molar refractivity (Wildman–Crippen MR) is 163 cm³/mol. The molecule has 1 unspecified atom stereocenters. The summed E-state index contributed by atoms with van der Waals surface area (Å²) in [5.74, 6) is 0.553. The second-order valence-corrected chi connectivity index (χ2v) is 11.5. The third-order valence-electron chi connectivity index (χ3n) is 7.16. The molecule has 0 aliphatic carbocycles. The van der Waals surface area contributed by atoms with Gasteiger partial charge < -0.3 is 24.1 Å². The molecule has 6 heteroatoms. The number of allylic oxidation sites excluding steroid dienone is 1. The molecular formula is C33H54N2O4. The molecule has 220 valence electrons. The van der Waals surface area contributed by atoms with Crippen molar-refractivity contribution in [1.29, 1.82) is 0 Å². The second-order valence-electron chi connectivity index (χ2n) is 11.5. The zero-order valence-electron chi connectivity index (χ0n) is 26.4. The van der Waals surface area contributed by atoms with Gasteiger partial charge in [0.25, 0.3) is 0 Å². The molecule has 0 aromatic heterocycles. The van der Waals surface area contributed by atoms with Crippen molar-refractivity contribution in [2.75, 3.05) is 39.3 Å². The molecule has 0 saturated heterocycles. The number of unbranched alkanes of at least 4 members (excludes halogenated alkanes) is 2. The summed E-state index contributed by atoms with van der Waals surface area (Å²) in [4.78, 5) is 28.6. The van der Waals surface area contributed by atoms with E-state index in [0.717, 1.165) is 29.5 Å². The zero-order valence-corrected chi connectivity index (χ0v) is 26.4. The van der Waals surface area contributed by atoms with Gasteiger partial charge in [-0.3, -0.25) is 0 Å². The van der Waals surface area contributed by atoms with Gasteiger partial charge in [0.05, 0.1) is 6.54 Å². The van der Waals surface area contributed by atoms with Crippen LogP contribution in [0.1, 0.15) is 105 Å². The lowest BCUT2D eigenvalue weighted by Crippen LogP contribution is -2.43. The molecule has 1 heterocycles. The molecule has 39 heavy (non-hydrogen) atoms. The maximum absolute atomic E-state index is 12.9. The fourth-order valence-corrected chi connectivity index (χ4v) is 4.78. The molecule has 0 bridgehead atoms. The highest BCUT2D eigenvalue weighted by atomic mass is 16.6. The van der Waals surface area contributed by atoms with Gasteiger partial charge in [0.1, 0.15) is 11.9 Å². The summed E-state index contributed by atoms with van der Waals surface area (Å²) in [5.41, 5.74) is 6.42. The van der Waals surface area contributed by atoms with Gasteiger partial charge in [-0.1, -0.05) is 57.7 Å². The summed E-state index contributed by atoms with van der Waals surface area (Å²) < 4.78 is 9.92. The van der Waals surface area contributed by atoms with Gasteiger partial charge in [-0.2, -0.15) is 0 Å². The number of carbonyl (C=O) groups is 2. The number of hydrogen-bond acceptors (Lipinski definition) is 5. The molecule has 1 aliphatic rings. The Balaban J connectivity index is 0.00000242. The molecule has 0 spiro atoms. The molecule has 0 radical (unpaired) electrons. The van der Waals surface area contributed by atoms with Crippen molar-refractivity contribution < 1.29 is 19.1 Å². The summed E-state index contributed by atoms with van der Waals surface area (Å²) in [5, 5.41) is 0. The van der Waals surface area contributed by atoms with Gasteiger partial charge in [0.15, 0.2) is 0 Å². The van der Waals surface area contributed by atoms with Crippen LogP contribution in [-0.4, -0.2) is 57.2 Å². The SMILES string of the molecule is CCCCCC(C)c1ccc(N(C)C2=C(C(CC=O)=C(C)CC)CN(C(=O)OC(C)(C)C)CC2)cc1.COC. The number of methoxy groups -OCH3 is 1. The van der Waals surface area contributed by atoms with Crippen LogP contribution in [0, 0.1) is 0 Å². The molecule has 0 N–H and O–H groups in total. The standard InChI is InChI=1S/C31H48N2O3.C2H6O/c1-9-11-12-13-24(4)25-14-16-26(17-15-25)32(8)29-18-20-33(30(35)36-31(5,6)7)22-28(29)27(19-21-34)23(3)10-2;1-3-2/h14-17,21,24H,9-13,18-20,22H2,1-8H3;1-2H3. The minimum atomic E-state index is -0.547. The third-order valence-corrected chi connectivity index (χ3v) is 7.16. The van der Waals surface area contributed by atoms with Crippen LogP contribution in [-0.2, 0) is 14.3 Å². The van der Waals surface area contributed by atoms with Crippen molar-refractivity contribution in [2.24, 2.45) is 0 Å². The van der Waals surface area contributed by atoms with Crippen LogP contribution in [0.3, 0.4) is 0 Å². The Labute approximate surface area is 238 Å². The van der Waals surface area contributed by atoms with Gasteiger partial charge >= 0.3 is 6.09 Å². The molecule has 0 fully saturated rings. The van der Waals surface area contributed by atoms with Gasteiger partial charge in [-0.25, -0.2) is 4.79 Å². The minimum absolute atomic E-state index is 0.303. The smallest absolute Gasteiger partial charge is 0.410 e. The molecular weight excluding hydrogens is 488 g/mol. The highest BCUT2D eigenvalue weighted by molar-refractivity contribution is 5.71. The first-order chi connectivity index (χ1) is 18.4. The van der Waals surface area contributed by atoms with Crippen molar-refractivity contribution in [3.8, 4) is 0 Å². The molecule has 1 aromatic carbocycles. The van der Waals surface area contributed by atoms with Crippen LogP contribution in [0.15, 0.2) is 46.7 Å². The van der Waals surface area contributed by atoms with E-state index in [-0.39, 0.29) is 6.09 Å². The summed E-state index contributed by atoms with van der Waals surface area (Å²) in [6.07, 6.45) is 7.61. The summed E-state index contributed by atoms with van der Waals surface area (Å²) in [7, 11) is 5.35. The Morgan fingerprint density at radius 3 is 2.26 bits per heavy atom. The fourth-order valence-electron chi connectivity index (χ4n) is 4.78. The Morgan fingerprint density at radius 2 is 1.74 bits per heavy atom. The van der Waals surface area contributed by atoms with Gasteiger partial charge in [0.2, 0.25) is 0 Å². The predicted octanol–water partition coefficient (Wildman–Crippen LogP) is 8.28. The van der Waals surface area contributed by atoms with E-state index in [9.17, 15) is 9.59 Å². The molecule has 0 saturated carbocycles. The molecule has 2 rings (SSSR count). The maximum atomic E-state index is 12.9. The number of hydrogen-bond donors (Lipinski definition) is 0. The average Bonchev–Trinajstić information content (AvgIpc) is 2.90. The monoisotopic (exact) mass is 542 g/mol. The number of benzene rings is 1. The van der Waals surface area contributed by atoms with Crippen LogP contribution < -0.4 is 4.90 Å². The average molecular weight is 543 g/mol. The lowest BCUT2D eigenvalue weighted by Gasteiger charge is -2.37. The minimum Gasteiger partial charge on any atom is -0.444 e. The number of nitrogens with zero attached hydrogens (tertiary/aromatic N) is 2. The van der Waals surface area contributed by atoms with Crippen molar-refractivity contribution in [3.05, 3.63) is 52.2 Å². The van der Waals surface area contributed by atoms with E-state index < -0.39 is 5.60 Å². The highest BCUT2D eigenvalue weighted by Gasteiger charge is 2.30. The molecule has 1 aromatic rings. The Bertz CT molecular complexity index is 957. The topological polar surface area (TPSA) is 59.1 Å².